The third kappa shape index (κ3) is 2.60. The molecule has 0 aliphatic heterocycles. The van der Waals surface area contributed by atoms with Gasteiger partial charge in [-0.3, -0.25) is 0 Å². The maximum absolute atomic E-state index is 12.7. The number of nitrogens with two attached hydrogens (primary N) is 1. The van der Waals surface area contributed by atoms with Crippen molar-refractivity contribution in [1.82, 2.24) is 4.72 Å². The molecule has 2 bridgehead atoms. The topological polar surface area (TPSA) is 106 Å². The SMILES string of the molecule is CC1(C)C2CCC1(C)C(NS(=O)(=O)c1ccc(S(N)(=O)=O)cc1)C2. The number of primary sulfonamides is 1. The molecule has 0 amide bonds. The Bertz CT molecular complexity index is 860. The van der Waals surface area contributed by atoms with Crippen molar-refractivity contribution in [3.63, 3.8) is 0 Å². The lowest BCUT2D eigenvalue weighted by Gasteiger charge is -2.39. The van der Waals surface area contributed by atoms with Crippen molar-refractivity contribution in [3.05, 3.63) is 24.3 Å². The van der Waals surface area contributed by atoms with Crippen LogP contribution >= 0.6 is 0 Å². The van der Waals surface area contributed by atoms with Crippen molar-refractivity contribution in [2.45, 2.75) is 55.9 Å². The van der Waals surface area contributed by atoms with Crippen LogP contribution in [0.25, 0.3) is 0 Å². The molecule has 2 aliphatic rings. The molecule has 3 N–H and O–H groups in total. The average molecular weight is 373 g/mol. The van der Waals surface area contributed by atoms with Crippen molar-refractivity contribution in [3.8, 4) is 0 Å². The molecule has 0 heterocycles. The van der Waals surface area contributed by atoms with Crippen LogP contribution in [0.2, 0.25) is 0 Å². The second-order valence-corrected chi connectivity index (χ2v) is 11.1. The van der Waals surface area contributed by atoms with E-state index >= 15 is 0 Å². The highest BCUT2D eigenvalue weighted by atomic mass is 32.2. The molecule has 2 fully saturated rings. The summed E-state index contributed by atoms with van der Waals surface area (Å²) >= 11 is 0. The summed E-state index contributed by atoms with van der Waals surface area (Å²) in [4.78, 5) is -0.0476. The first kappa shape index (κ1) is 17.8. The number of nitrogens with one attached hydrogen (secondary N) is 1. The molecule has 0 spiro atoms. The Morgan fingerprint density at radius 3 is 2.00 bits per heavy atom. The van der Waals surface area contributed by atoms with E-state index in [1.54, 1.807) is 0 Å². The molecule has 3 atom stereocenters. The lowest BCUT2D eigenvalue weighted by atomic mass is 9.69. The van der Waals surface area contributed by atoms with Crippen LogP contribution in [0.15, 0.2) is 34.1 Å². The molecule has 1 aromatic carbocycles. The lowest BCUT2D eigenvalue weighted by molar-refractivity contribution is 0.130. The van der Waals surface area contributed by atoms with Gasteiger partial charge in [-0.1, -0.05) is 20.8 Å². The molecule has 2 aliphatic carbocycles. The number of hydrogen-bond acceptors (Lipinski definition) is 4. The summed E-state index contributed by atoms with van der Waals surface area (Å²) < 4.78 is 50.8. The van der Waals surface area contributed by atoms with Gasteiger partial charge in [0.25, 0.3) is 0 Å². The monoisotopic (exact) mass is 372 g/mol. The summed E-state index contributed by atoms with van der Waals surface area (Å²) in [5, 5.41) is 5.04. The number of hydrogen-bond donors (Lipinski definition) is 2. The van der Waals surface area contributed by atoms with Crippen LogP contribution in [0.1, 0.15) is 40.0 Å². The van der Waals surface area contributed by atoms with Gasteiger partial charge in [-0.05, 0) is 60.3 Å². The van der Waals surface area contributed by atoms with Gasteiger partial charge in [0.05, 0.1) is 9.79 Å². The van der Waals surface area contributed by atoms with Crippen LogP contribution in [0.3, 0.4) is 0 Å². The van der Waals surface area contributed by atoms with Gasteiger partial charge in [0.2, 0.25) is 20.0 Å². The van der Waals surface area contributed by atoms with E-state index in [0.717, 1.165) is 19.3 Å². The van der Waals surface area contributed by atoms with Gasteiger partial charge in [0, 0.05) is 6.04 Å². The summed E-state index contributed by atoms with van der Waals surface area (Å²) in [5.74, 6) is 0.528. The molecule has 1 aromatic rings. The van der Waals surface area contributed by atoms with Crippen molar-refractivity contribution in [1.29, 1.82) is 0 Å². The highest BCUT2D eigenvalue weighted by Gasteiger charge is 2.61. The first-order valence-corrected chi connectivity index (χ1v) is 11.1. The number of benzene rings is 1. The molecule has 2 saturated carbocycles. The Kier molecular flexibility index (Phi) is 3.92. The van der Waals surface area contributed by atoms with Crippen LogP contribution in [-0.2, 0) is 20.0 Å². The fourth-order valence-corrected chi connectivity index (χ4v) is 6.32. The number of rotatable bonds is 4. The van der Waals surface area contributed by atoms with Crippen molar-refractivity contribution in [2.75, 3.05) is 0 Å². The molecule has 0 radical (unpaired) electrons. The Balaban J connectivity index is 1.85. The average Bonchev–Trinajstić information content (AvgIpc) is 2.79. The second-order valence-electron chi connectivity index (χ2n) is 7.80. The van der Waals surface area contributed by atoms with E-state index in [2.05, 4.69) is 25.5 Å². The Labute approximate surface area is 143 Å². The zero-order chi connectivity index (χ0) is 18.0. The van der Waals surface area contributed by atoms with Crippen molar-refractivity contribution >= 4 is 20.0 Å². The molecule has 3 rings (SSSR count). The zero-order valence-electron chi connectivity index (χ0n) is 14.1. The smallest absolute Gasteiger partial charge is 0.225 e. The summed E-state index contributed by atoms with van der Waals surface area (Å²) in [5.41, 5.74) is 0.0446. The van der Waals surface area contributed by atoms with Crippen molar-refractivity contribution in [2.24, 2.45) is 21.9 Å². The molecule has 0 aromatic heterocycles. The van der Waals surface area contributed by atoms with Crippen molar-refractivity contribution < 1.29 is 16.8 Å². The molecule has 0 saturated heterocycles. The molecule has 3 unspecified atom stereocenters. The van der Waals surface area contributed by atoms with E-state index in [1.807, 2.05) is 0 Å². The fourth-order valence-electron chi connectivity index (χ4n) is 4.45. The van der Waals surface area contributed by atoms with Gasteiger partial charge in [-0.2, -0.15) is 0 Å². The third-order valence-corrected chi connectivity index (χ3v) is 8.97. The van der Waals surface area contributed by atoms with Gasteiger partial charge < -0.3 is 0 Å². The molecule has 24 heavy (non-hydrogen) atoms. The molecular weight excluding hydrogens is 348 g/mol. The highest BCUT2D eigenvalue weighted by Crippen LogP contribution is 2.65. The van der Waals surface area contributed by atoms with Crippen LogP contribution in [0.5, 0.6) is 0 Å². The van der Waals surface area contributed by atoms with Crippen LogP contribution in [-0.4, -0.2) is 22.9 Å². The van der Waals surface area contributed by atoms with E-state index in [-0.39, 0.29) is 26.7 Å². The number of sulfonamides is 2. The first-order valence-electron chi connectivity index (χ1n) is 8.03. The minimum Gasteiger partial charge on any atom is -0.225 e. The zero-order valence-corrected chi connectivity index (χ0v) is 15.7. The molecule has 6 nitrogen and oxygen atoms in total. The summed E-state index contributed by atoms with van der Waals surface area (Å²) in [6, 6.07) is 4.90. The Morgan fingerprint density at radius 2 is 1.58 bits per heavy atom. The minimum absolute atomic E-state index is 0.0547. The van der Waals surface area contributed by atoms with Gasteiger partial charge in [-0.25, -0.2) is 26.7 Å². The predicted molar refractivity (Wildman–Crippen MR) is 91.2 cm³/mol. The second kappa shape index (κ2) is 5.27. The summed E-state index contributed by atoms with van der Waals surface area (Å²) in [6.45, 7) is 6.61. The quantitative estimate of drug-likeness (QED) is 0.841. The van der Waals surface area contributed by atoms with E-state index in [9.17, 15) is 16.8 Å². The van der Waals surface area contributed by atoms with E-state index in [4.69, 9.17) is 5.14 Å². The molecule has 134 valence electrons. The van der Waals surface area contributed by atoms with Crippen LogP contribution in [0.4, 0.5) is 0 Å². The normalized spacial score (nSPS) is 32.2. The largest absolute Gasteiger partial charge is 0.240 e. The van der Waals surface area contributed by atoms with Gasteiger partial charge in [0.15, 0.2) is 0 Å². The van der Waals surface area contributed by atoms with E-state index in [0.29, 0.717) is 5.92 Å². The maximum atomic E-state index is 12.7. The fraction of sp³-hybridized carbons (Fsp3) is 0.625. The minimum atomic E-state index is -3.83. The van der Waals surface area contributed by atoms with Gasteiger partial charge in [-0.15, -0.1) is 0 Å². The Morgan fingerprint density at radius 1 is 1.04 bits per heavy atom. The lowest BCUT2D eigenvalue weighted by Crippen LogP contribution is -2.46. The van der Waals surface area contributed by atoms with Gasteiger partial charge in [0.1, 0.15) is 0 Å². The standard InChI is InChI=1S/C16H24N2O4S2/c1-15(2)11-8-9-16(15,3)14(10-11)18-24(21,22)13-6-4-12(5-7-13)23(17,19)20/h4-7,11,14,18H,8-10H2,1-3H3,(H2,17,19,20). The van der Waals surface area contributed by atoms with Crippen LogP contribution in [0, 0.1) is 16.7 Å². The maximum Gasteiger partial charge on any atom is 0.240 e. The molecular formula is C16H24N2O4S2. The van der Waals surface area contributed by atoms with E-state index < -0.39 is 20.0 Å². The Hall–Kier alpha value is -0.960. The summed E-state index contributed by atoms with van der Waals surface area (Å²) in [6.07, 6.45) is 3.00. The van der Waals surface area contributed by atoms with Gasteiger partial charge >= 0.3 is 0 Å². The predicted octanol–water partition coefficient (Wildman–Crippen LogP) is 1.83. The summed E-state index contributed by atoms with van der Waals surface area (Å²) in [7, 11) is -7.54. The number of fused-ring (bicyclic) bond motifs is 2. The highest BCUT2D eigenvalue weighted by molar-refractivity contribution is 7.89. The first-order chi connectivity index (χ1) is 10.9. The van der Waals surface area contributed by atoms with E-state index in [1.165, 1.54) is 24.3 Å². The third-order valence-electron chi connectivity index (χ3n) is 6.55. The van der Waals surface area contributed by atoms with Crippen LogP contribution < -0.4 is 9.86 Å². The molecule has 8 heteroatoms.